The van der Waals surface area contributed by atoms with E-state index in [1.165, 1.54) is 0 Å². The van der Waals surface area contributed by atoms with Gasteiger partial charge in [0, 0.05) is 0 Å². The van der Waals surface area contributed by atoms with Crippen LogP contribution < -0.4 is 4.70 Å². The van der Waals surface area contributed by atoms with Crippen LogP contribution in [0.2, 0.25) is 0 Å². The van der Waals surface area contributed by atoms with Gasteiger partial charge in [0.15, 0.2) is 0 Å². The molecule has 0 saturated carbocycles. The Labute approximate surface area is 62.4 Å². The first-order valence-corrected chi connectivity index (χ1v) is 3.44. The molecular formula is C7H18FNO. The number of quaternary nitrogens is 1. The summed E-state index contributed by atoms with van der Waals surface area (Å²) in [5.74, 6) is 0. The Morgan fingerprint density at radius 3 is 1.80 bits per heavy atom. The van der Waals surface area contributed by atoms with E-state index in [-0.39, 0.29) is 10.8 Å². The van der Waals surface area contributed by atoms with Crippen molar-refractivity contribution in [3.8, 4) is 0 Å². The van der Waals surface area contributed by atoms with Crippen LogP contribution in [0.4, 0.5) is 0 Å². The van der Waals surface area contributed by atoms with Crippen molar-refractivity contribution in [3.05, 3.63) is 0 Å². The highest BCUT2D eigenvalue weighted by Crippen LogP contribution is 1.97. The SMILES string of the molecule is CCC(O)C[N+](C)(C)C.[F-]. The minimum atomic E-state index is -0.134. The number of rotatable bonds is 3. The fourth-order valence-electron chi connectivity index (χ4n) is 0.761. The van der Waals surface area contributed by atoms with Crippen LogP contribution in [0.5, 0.6) is 0 Å². The van der Waals surface area contributed by atoms with Gasteiger partial charge in [0.2, 0.25) is 0 Å². The zero-order chi connectivity index (χ0) is 7.49. The van der Waals surface area contributed by atoms with Crippen LogP contribution >= 0.6 is 0 Å². The normalized spacial score (nSPS) is 14.1. The molecule has 0 aliphatic rings. The summed E-state index contributed by atoms with van der Waals surface area (Å²) in [6.07, 6.45) is 0.722. The molecule has 1 unspecified atom stereocenters. The molecule has 10 heavy (non-hydrogen) atoms. The molecule has 0 saturated heterocycles. The summed E-state index contributed by atoms with van der Waals surface area (Å²) in [5, 5.41) is 9.18. The van der Waals surface area contributed by atoms with Gasteiger partial charge >= 0.3 is 0 Å². The van der Waals surface area contributed by atoms with Crippen LogP contribution in [0.1, 0.15) is 13.3 Å². The van der Waals surface area contributed by atoms with Gasteiger partial charge in [0.05, 0.1) is 21.1 Å². The van der Waals surface area contributed by atoms with Gasteiger partial charge in [-0.05, 0) is 6.42 Å². The molecular weight excluding hydrogens is 133 g/mol. The second-order valence-electron chi connectivity index (χ2n) is 3.53. The van der Waals surface area contributed by atoms with Crippen LogP contribution in [0.25, 0.3) is 0 Å². The molecule has 3 heteroatoms. The number of aliphatic hydroxyl groups is 1. The van der Waals surface area contributed by atoms with Crippen LogP contribution in [-0.4, -0.2) is 43.4 Å². The molecule has 0 aromatic carbocycles. The van der Waals surface area contributed by atoms with Crippen LogP contribution in [0.3, 0.4) is 0 Å². The van der Waals surface area contributed by atoms with Gasteiger partial charge in [-0.1, -0.05) is 6.92 Å². The van der Waals surface area contributed by atoms with Gasteiger partial charge in [0.25, 0.3) is 0 Å². The van der Waals surface area contributed by atoms with E-state index in [1.807, 2.05) is 6.92 Å². The quantitative estimate of drug-likeness (QED) is 0.441. The Morgan fingerprint density at radius 1 is 1.30 bits per heavy atom. The lowest BCUT2D eigenvalue weighted by Gasteiger charge is -2.26. The first-order chi connectivity index (χ1) is 3.95. The Bertz CT molecular complexity index is 80.2. The number of nitrogens with zero attached hydrogens (tertiary/aromatic N) is 1. The lowest BCUT2D eigenvalue weighted by molar-refractivity contribution is -0.873. The molecule has 64 valence electrons. The minimum Gasteiger partial charge on any atom is -1.00 e. The van der Waals surface area contributed by atoms with Crippen molar-refractivity contribution in [2.24, 2.45) is 0 Å². The molecule has 0 heterocycles. The van der Waals surface area contributed by atoms with E-state index in [0.29, 0.717) is 0 Å². The predicted octanol–water partition coefficient (Wildman–Crippen LogP) is -2.53. The van der Waals surface area contributed by atoms with E-state index in [0.717, 1.165) is 17.4 Å². The number of halogens is 1. The average molecular weight is 151 g/mol. The number of aliphatic hydroxyl groups excluding tert-OH is 1. The standard InChI is InChI=1S/C7H18NO.FH/c1-5-7(9)6-8(2,3)4;/h7,9H,5-6H2,1-4H3;1H/q+1;/p-1. The molecule has 0 amide bonds. The van der Waals surface area contributed by atoms with Gasteiger partial charge in [-0.2, -0.15) is 0 Å². The van der Waals surface area contributed by atoms with Crippen molar-refractivity contribution in [2.75, 3.05) is 27.7 Å². The van der Waals surface area contributed by atoms with E-state index >= 15 is 0 Å². The van der Waals surface area contributed by atoms with E-state index < -0.39 is 0 Å². The Morgan fingerprint density at radius 2 is 1.70 bits per heavy atom. The maximum absolute atomic E-state index is 9.18. The van der Waals surface area contributed by atoms with Crippen molar-refractivity contribution in [1.82, 2.24) is 0 Å². The average Bonchev–Trinajstić information content (AvgIpc) is 1.62. The van der Waals surface area contributed by atoms with Gasteiger partial charge in [0.1, 0.15) is 12.6 Å². The largest absolute Gasteiger partial charge is 1.00 e. The molecule has 0 aromatic heterocycles. The highest BCUT2D eigenvalue weighted by Gasteiger charge is 2.12. The van der Waals surface area contributed by atoms with Crippen molar-refractivity contribution in [2.45, 2.75) is 19.4 Å². The monoisotopic (exact) mass is 151 g/mol. The van der Waals surface area contributed by atoms with Gasteiger partial charge in [-0.3, -0.25) is 0 Å². The molecule has 1 N–H and O–H groups in total. The van der Waals surface area contributed by atoms with Crippen molar-refractivity contribution >= 4 is 0 Å². The molecule has 1 atom stereocenters. The Kier molecular flexibility index (Phi) is 5.80. The summed E-state index contributed by atoms with van der Waals surface area (Å²) in [5.41, 5.74) is 0. The molecule has 0 aliphatic heterocycles. The van der Waals surface area contributed by atoms with Crippen LogP contribution in [0, 0.1) is 0 Å². The Balaban J connectivity index is 0. The fraction of sp³-hybridized carbons (Fsp3) is 1.00. The van der Waals surface area contributed by atoms with Gasteiger partial charge in [-0.15, -0.1) is 0 Å². The van der Waals surface area contributed by atoms with E-state index in [4.69, 9.17) is 0 Å². The molecule has 0 spiro atoms. The summed E-state index contributed by atoms with van der Waals surface area (Å²) < 4.78 is 0.842. The fourth-order valence-corrected chi connectivity index (χ4v) is 0.761. The smallest absolute Gasteiger partial charge is 0.104 e. The summed E-state index contributed by atoms with van der Waals surface area (Å²) in [7, 11) is 6.25. The zero-order valence-electron chi connectivity index (χ0n) is 7.26. The van der Waals surface area contributed by atoms with E-state index in [9.17, 15) is 5.11 Å². The number of hydrogen-bond acceptors (Lipinski definition) is 1. The van der Waals surface area contributed by atoms with Gasteiger partial charge < -0.3 is 14.3 Å². The molecule has 2 nitrogen and oxygen atoms in total. The topological polar surface area (TPSA) is 20.2 Å². The molecule has 0 aliphatic carbocycles. The van der Waals surface area contributed by atoms with Crippen molar-refractivity contribution < 1.29 is 14.3 Å². The second kappa shape index (κ2) is 4.63. The molecule has 0 rings (SSSR count). The van der Waals surface area contributed by atoms with E-state index in [1.54, 1.807) is 0 Å². The molecule has 0 radical (unpaired) electrons. The summed E-state index contributed by atoms with van der Waals surface area (Å²) in [6.45, 7) is 2.84. The molecule has 0 fully saturated rings. The first-order valence-electron chi connectivity index (χ1n) is 3.44. The first kappa shape index (κ1) is 12.5. The van der Waals surface area contributed by atoms with Gasteiger partial charge in [-0.25, -0.2) is 0 Å². The maximum atomic E-state index is 9.18. The highest BCUT2D eigenvalue weighted by atomic mass is 19.0. The third-order valence-corrected chi connectivity index (χ3v) is 1.23. The maximum Gasteiger partial charge on any atom is 0.104 e. The molecule has 0 aromatic rings. The third kappa shape index (κ3) is 7.85. The van der Waals surface area contributed by atoms with Crippen LogP contribution in [-0.2, 0) is 0 Å². The number of hydrogen-bond donors (Lipinski definition) is 1. The predicted molar refractivity (Wildman–Crippen MR) is 39.2 cm³/mol. The lowest BCUT2D eigenvalue weighted by Crippen LogP contribution is -3.00. The summed E-state index contributed by atoms with van der Waals surface area (Å²) in [4.78, 5) is 0. The summed E-state index contributed by atoms with van der Waals surface area (Å²) in [6, 6.07) is 0. The van der Waals surface area contributed by atoms with Crippen molar-refractivity contribution in [1.29, 1.82) is 0 Å². The van der Waals surface area contributed by atoms with Crippen LogP contribution in [0.15, 0.2) is 0 Å². The number of likely N-dealkylation sites (N-methyl/N-ethyl adjacent to an activating group) is 1. The highest BCUT2D eigenvalue weighted by molar-refractivity contribution is 4.47. The molecule has 0 bridgehead atoms. The Hall–Kier alpha value is -0.150. The zero-order valence-corrected chi connectivity index (χ0v) is 7.26. The minimum absolute atomic E-state index is 0. The van der Waals surface area contributed by atoms with Crippen molar-refractivity contribution in [3.63, 3.8) is 0 Å². The second-order valence-corrected chi connectivity index (χ2v) is 3.53. The summed E-state index contributed by atoms with van der Waals surface area (Å²) >= 11 is 0. The lowest BCUT2D eigenvalue weighted by atomic mass is 10.2. The third-order valence-electron chi connectivity index (χ3n) is 1.23. The van der Waals surface area contributed by atoms with E-state index in [2.05, 4.69) is 21.1 Å².